The molecule has 0 saturated carbocycles. The molecule has 1 aromatic rings. The van der Waals surface area contributed by atoms with Gasteiger partial charge in [-0.25, -0.2) is 8.42 Å². The zero-order valence-corrected chi connectivity index (χ0v) is 11.4. The monoisotopic (exact) mass is 283 g/mol. The van der Waals surface area contributed by atoms with Crippen molar-refractivity contribution in [3.05, 3.63) is 30.1 Å². The van der Waals surface area contributed by atoms with E-state index in [0.717, 1.165) is 5.69 Å². The topological polar surface area (TPSA) is 79.4 Å². The molecular weight excluding hydrogens is 266 g/mol. The number of nitrogens with zero attached hydrogens (tertiary/aromatic N) is 2. The summed E-state index contributed by atoms with van der Waals surface area (Å²) in [5.74, 6) is -0.0690. The summed E-state index contributed by atoms with van der Waals surface area (Å²) in [5, 5.41) is 2.66. The standard InChI is InChI=1S/C12H17N3O3S/c16-12-4-8-15(9-7-14-12)19(17,18)10-5-11-3-1-2-6-13-11/h1-3,6H,4-5,7-10H2,(H,14,16). The van der Waals surface area contributed by atoms with Gasteiger partial charge in [0.15, 0.2) is 0 Å². The summed E-state index contributed by atoms with van der Waals surface area (Å²) in [5.41, 5.74) is 0.759. The van der Waals surface area contributed by atoms with Crippen molar-refractivity contribution in [2.24, 2.45) is 0 Å². The lowest BCUT2D eigenvalue weighted by atomic mass is 10.3. The summed E-state index contributed by atoms with van der Waals surface area (Å²) in [7, 11) is -3.33. The minimum Gasteiger partial charge on any atom is -0.355 e. The molecule has 1 aromatic heterocycles. The highest BCUT2D eigenvalue weighted by Crippen LogP contribution is 2.07. The fourth-order valence-electron chi connectivity index (χ4n) is 1.93. The summed E-state index contributed by atoms with van der Waals surface area (Å²) in [4.78, 5) is 15.3. The number of pyridine rings is 1. The highest BCUT2D eigenvalue weighted by molar-refractivity contribution is 7.89. The molecule has 1 aliphatic heterocycles. The van der Waals surface area contributed by atoms with Crippen LogP contribution >= 0.6 is 0 Å². The van der Waals surface area contributed by atoms with Gasteiger partial charge in [0.2, 0.25) is 15.9 Å². The van der Waals surface area contributed by atoms with Gasteiger partial charge in [0.1, 0.15) is 0 Å². The first kappa shape index (κ1) is 14.0. The van der Waals surface area contributed by atoms with Gasteiger partial charge in [-0.15, -0.1) is 0 Å². The molecule has 0 atom stereocenters. The summed E-state index contributed by atoms with van der Waals surface area (Å²) in [6.45, 7) is 0.980. The zero-order chi connectivity index (χ0) is 13.7. The van der Waals surface area contributed by atoms with Crippen LogP contribution in [0, 0.1) is 0 Å². The zero-order valence-electron chi connectivity index (χ0n) is 10.6. The Balaban J connectivity index is 1.96. The van der Waals surface area contributed by atoms with Gasteiger partial charge in [0, 0.05) is 44.4 Å². The Kier molecular flexibility index (Phi) is 4.49. The van der Waals surface area contributed by atoms with Crippen LogP contribution in [0.1, 0.15) is 12.1 Å². The number of amides is 1. The molecule has 1 amide bonds. The first-order valence-electron chi connectivity index (χ1n) is 6.22. The predicted octanol–water partition coefficient (Wildman–Crippen LogP) is -0.224. The molecule has 104 valence electrons. The van der Waals surface area contributed by atoms with E-state index in [1.807, 2.05) is 12.1 Å². The van der Waals surface area contributed by atoms with Crippen molar-refractivity contribution >= 4 is 15.9 Å². The van der Waals surface area contributed by atoms with Gasteiger partial charge in [0.05, 0.1) is 5.75 Å². The van der Waals surface area contributed by atoms with E-state index < -0.39 is 10.0 Å². The summed E-state index contributed by atoms with van der Waals surface area (Å²) < 4.78 is 25.7. The fraction of sp³-hybridized carbons (Fsp3) is 0.500. The molecule has 0 radical (unpaired) electrons. The lowest BCUT2D eigenvalue weighted by Gasteiger charge is -2.18. The molecule has 1 fully saturated rings. The molecule has 0 spiro atoms. The molecule has 19 heavy (non-hydrogen) atoms. The maximum Gasteiger partial charge on any atom is 0.221 e. The molecular formula is C12H17N3O3S. The highest BCUT2D eigenvalue weighted by Gasteiger charge is 2.24. The van der Waals surface area contributed by atoms with Crippen LogP contribution in [0.3, 0.4) is 0 Å². The van der Waals surface area contributed by atoms with Gasteiger partial charge in [-0.05, 0) is 12.1 Å². The maximum absolute atomic E-state index is 12.2. The third-order valence-electron chi connectivity index (χ3n) is 3.01. The normalized spacial score (nSPS) is 17.8. The van der Waals surface area contributed by atoms with E-state index in [0.29, 0.717) is 19.5 Å². The van der Waals surface area contributed by atoms with Gasteiger partial charge in [-0.2, -0.15) is 4.31 Å². The Morgan fingerprint density at radius 3 is 2.89 bits per heavy atom. The van der Waals surface area contributed by atoms with Gasteiger partial charge in [-0.1, -0.05) is 6.07 Å². The minimum absolute atomic E-state index is 0.0260. The second-order valence-corrected chi connectivity index (χ2v) is 6.47. The number of hydrogen-bond donors (Lipinski definition) is 1. The van der Waals surface area contributed by atoms with Crippen molar-refractivity contribution in [2.45, 2.75) is 12.8 Å². The lowest BCUT2D eigenvalue weighted by molar-refractivity contribution is -0.120. The molecule has 1 saturated heterocycles. The second-order valence-electron chi connectivity index (χ2n) is 4.39. The summed E-state index contributed by atoms with van der Waals surface area (Å²) >= 11 is 0. The molecule has 6 nitrogen and oxygen atoms in total. The van der Waals surface area contributed by atoms with E-state index >= 15 is 0 Å². The van der Waals surface area contributed by atoms with E-state index in [1.165, 1.54) is 4.31 Å². The van der Waals surface area contributed by atoms with Gasteiger partial charge < -0.3 is 5.32 Å². The van der Waals surface area contributed by atoms with E-state index in [2.05, 4.69) is 10.3 Å². The molecule has 0 aliphatic carbocycles. The smallest absolute Gasteiger partial charge is 0.221 e. The number of nitrogens with one attached hydrogen (secondary N) is 1. The molecule has 1 N–H and O–H groups in total. The number of carbonyl (C=O) groups is 1. The Hall–Kier alpha value is -1.47. The van der Waals surface area contributed by atoms with Crippen molar-refractivity contribution in [3.8, 4) is 0 Å². The fourth-order valence-corrected chi connectivity index (χ4v) is 3.40. The Morgan fingerprint density at radius 2 is 2.16 bits per heavy atom. The SMILES string of the molecule is O=C1CCN(S(=O)(=O)CCc2ccccn2)CCN1. The number of rotatable bonds is 4. The molecule has 0 aromatic carbocycles. The van der Waals surface area contributed by atoms with E-state index in [-0.39, 0.29) is 24.6 Å². The number of aryl methyl sites for hydroxylation is 1. The van der Waals surface area contributed by atoms with E-state index in [9.17, 15) is 13.2 Å². The average molecular weight is 283 g/mol. The van der Waals surface area contributed by atoms with Crippen LogP contribution in [0.5, 0.6) is 0 Å². The second kappa shape index (κ2) is 6.12. The highest BCUT2D eigenvalue weighted by atomic mass is 32.2. The molecule has 0 bridgehead atoms. The van der Waals surface area contributed by atoms with Crippen LogP contribution in [0.15, 0.2) is 24.4 Å². The van der Waals surface area contributed by atoms with Gasteiger partial charge in [0.25, 0.3) is 0 Å². The van der Waals surface area contributed by atoms with E-state index in [4.69, 9.17) is 0 Å². The van der Waals surface area contributed by atoms with Crippen molar-refractivity contribution in [2.75, 3.05) is 25.4 Å². The van der Waals surface area contributed by atoms with Crippen LogP contribution in [0.25, 0.3) is 0 Å². The Labute approximate surface area is 112 Å². The molecule has 1 aliphatic rings. The largest absolute Gasteiger partial charge is 0.355 e. The summed E-state index contributed by atoms with van der Waals surface area (Å²) in [6.07, 6.45) is 2.26. The van der Waals surface area contributed by atoms with Crippen LogP contribution in [-0.4, -0.2) is 49.0 Å². The lowest BCUT2D eigenvalue weighted by Crippen LogP contribution is -2.36. The number of aromatic nitrogens is 1. The van der Waals surface area contributed by atoms with Crippen molar-refractivity contribution in [3.63, 3.8) is 0 Å². The van der Waals surface area contributed by atoms with Crippen molar-refractivity contribution in [1.29, 1.82) is 0 Å². The van der Waals surface area contributed by atoms with Crippen LogP contribution in [-0.2, 0) is 21.2 Å². The number of hydrogen-bond acceptors (Lipinski definition) is 4. The average Bonchev–Trinajstić information content (AvgIpc) is 2.63. The van der Waals surface area contributed by atoms with E-state index in [1.54, 1.807) is 12.3 Å². The molecule has 2 heterocycles. The number of sulfonamides is 1. The molecule has 7 heteroatoms. The molecule has 2 rings (SSSR count). The van der Waals surface area contributed by atoms with Gasteiger partial charge in [-0.3, -0.25) is 9.78 Å². The Bertz CT molecular complexity index is 530. The van der Waals surface area contributed by atoms with Crippen molar-refractivity contribution in [1.82, 2.24) is 14.6 Å². The van der Waals surface area contributed by atoms with Crippen LogP contribution in [0.4, 0.5) is 0 Å². The third kappa shape index (κ3) is 4.00. The van der Waals surface area contributed by atoms with Crippen LogP contribution in [0.2, 0.25) is 0 Å². The van der Waals surface area contributed by atoms with Crippen LogP contribution < -0.4 is 5.32 Å². The van der Waals surface area contributed by atoms with Crippen molar-refractivity contribution < 1.29 is 13.2 Å². The van der Waals surface area contributed by atoms with Gasteiger partial charge >= 0.3 is 0 Å². The Morgan fingerprint density at radius 1 is 1.32 bits per heavy atom. The first-order valence-corrected chi connectivity index (χ1v) is 7.83. The maximum atomic E-state index is 12.2. The number of carbonyl (C=O) groups excluding carboxylic acids is 1. The first-order chi connectivity index (χ1) is 9.08. The summed E-state index contributed by atoms with van der Waals surface area (Å²) in [6, 6.07) is 5.44. The minimum atomic E-state index is -3.33. The third-order valence-corrected chi connectivity index (χ3v) is 4.88. The predicted molar refractivity (Wildman–Crippen MR) is 70.9 cm³/mol. The molecule has 0 unspecified atom stereocenters. The quantitative estimate of drug-likeness (QED) is 0.828.